The van der Waals surface area contributed by atoms with E-state index in [2.05, 4.69) is 0 Å². The van der Waals surface area contributed by atoms with Crippen molar-refractivity contribution in [3.8, 4) is 0 Å². The van der Waals surface area contributed by atoms with Gasteiger partial charge in [0, 0.05) is 0 Å². The van der Waals surface area contributed by atoms with Gasteiger partial charge in [-0.1, -0.05) is 0 Å². The van der Waals surface area contributed by atoms with Gasteiger partial charge in [-0.3, -0.25) is 0 Å². The van der Waals surface area contributed by atoms with Crippen molar-refractivity contribution in [1.29, 1.82) is 0 Å². The van der Waals surface area contributed by atoms with Crippen molar-refractivity contribution >= 4 is 0 Å². The van der Waals surface area contributed by atoms with Crippen molar-refractivity contribution in [2.24, 2.45) is 11.8 Å². The van der Waals surface area contributed by atoms with Crippen LogP contribution in [0.1, 0.15) is 25.7 Å². The molecule has 0 heterocycles. The van der Waals surface area contributed by atoms with Gasteiger partial charge in [0.2, 0.25) is 0 Å². The van der Waals surface area contributed by atoms with E-state index in [-0.39, 0.29) is 0 Å². The lowest BCUT2D eigenvalue weighted by Gasteiger charge is -2.31. The molecule has 0 aromatic rings. The van der Waals surface area contributed by atoms with Crippen LogP contribution in [0.15, 0.2) is 0 Å². The minimum Gasteiger partial charge on any atom is -0.390 e. The quantitative estimate of drug-likeness (QED) is 0.518. The van der Waals surface area contributed by atoms with Gasteiger partial charge in [-0.05, 0) is 37.5 Å². The molecule has 2 atom stereocenters. The number of aliphatic hydroxyl groups excluding tert-OH is 2. The lowest BCUT2D eigenvalue weighted by Crippen LogP contribution is -2.24. The largest absolute Gasteiger partial charge is 0.390 e. The molecule has 0 spiro atoms. The van der Waals surface area contributed by atoms with Crippen molar-refractivity contribution < 1.29 is 10.2 Å². The Morgan fingerprint density at radius 1 is 0.700 bits per heavy atom. The van der Waals surface area contributed by atoms with Crippen LogP contribution >= 0.6 is 0 Å². The second-order valence-corrected chi connectivity index (χ2v) is 3.81. The maximum Gasteiger partial charge on any atom is 0.0801 e. The lowest BCUT2D eigenvalue weighted by molar-refractivity contribution is 0.0148. The van der Waals surface area contributed by atoms with Crippen LogP contribution in [0.4, 0.5) is 0 Å². The fraction of sp³-hybridized carbons (Fsp3) is 1.00. The molecular formula is C8H14O2. The predicted octanol–water partition coefficient (Wildman–Crippen LogP) is 0.528. The molecule has 3 rings (SSSR count). The molecule has 0 saturated heterocycles. The average Bonchev–Trinajstić information content (AvgIpc) is 1.97. The highest BCUT2D eigenvalue weighted by Crippen LogP contribution is 2.43. The van der Waals surface area contributed by atoms with E-state index >= 15 is 0 Å². The summed E-state index contributed by atoms with van der Waals surface area (Å²) in [5, 5.41) is 18.6. The molecule has 3 saturated carbocycles. The van der Waals surface area contributed by atoms with Gasteiger partial charge in [0.1, 0.15) is 0 Å². The number of rotatable bonds is 0. The number of aliphatic hydroxyl groups is 2. The normalized spacial score (nSPS) is 53.4. The molecule has 2 heteroatoms. The summed E-state index contributed by atoms with van der Waals surface area (Å²) in [7, 11) is 0. The molecule has 3 aliphatic carbocycles. The van der Waals surface area contributed by atoms with Crippen molar-refractivity contribution in [1.82, 2.24) is 0 Å². The van der Waals surface area contributed by atoms with E-state index in [0.717, 1.165) is 24.7 Å². The van der Waals surface area contributed by atoms with Crippen LogP contribution in [-0.4, -0.2) is 22.4 Å². The van der Waals surface area contributed by atoms with Gasteiger partial charge in [-0.25, -0.2) is 0 Å². The molecule has 2 bridgehead atoms. The molecule has 0 aromatic heterocycles. The van der Waals surface area contributed by atoms with E-state index in [1.165, 1.54) is 12.8 Å². The highest BCUT2D eigenvalue weighted by atomic mass is 16.3. The SMILES string of the molecule is OC1CC2CC(C2)CC1O. The summed E-state index contributed by atoms with van der Waals surface area (Å²) in [6.45, 7) is 0. The van der Waals surface area contributed by atoms with Gasteiger partial charge in [0.05, 0.1) is 12.2 Å². The Labute approximate surface area is 60.9 Å². The summed E-state index contributed by atoms with van der Waals surface area (Å²) >= 11 is 0. The standard InChI is InChI=1S/C8H14O2/c9-7-3-5-1-6(2-5)4-8(7)10/h5-10H,1-4H2. The Morgan fingerprint density at radius 2 is 1.10 bits per heavy atom. The van der Waals surface area contributed by atoms with Gasteiger partial charge in [0.25, 0.3) is 0 Å². The van der Waals surface area contributed by atoms with Crippen LogP contribution in [0.2, 0.25) is 0 Å². The monoisotopic (exact) mass is 142 g/mol. The molecule has 0 aliphatic heterocycles. The summed E-state index contributed by atoms with van der Waals surface area (Å²) in [6, 6.07) is 0. The van der Waals surface area contributed by atoms with E-state index in [0.29, 0.717) is 0 Å². The molecule has 3 aliphatic rings. The highest BCUT2D eigenvalue weighted by molar-refractivity contribution is 4.89. The van der Waals surface area contributed by atoms with Crippen molar-refractivity contribution in [3.63, 3.8) is 0 Å². The van der Waals surface area contributed by atoms with E-state index in [4.69, 9.17) is 0 Å². The zero-order valence-electron chi connectivity index (χ0n) is 6.03. The third-order valence-corrected chi connectivity index (χ3v) is 2.93. The summed E-state index contributed by atoms with van der Waals surface area (Å²) in [6.07, 6.45) is 3.28. The van der Waals surface area contributed by atoms with Gasteiger partial charge >= 0.3 is 0 Å². The Morgan fingerprint density at radius 3 is 1.50 bits per heavy atom. The van der Waals surface area contributed by atoms with Crippen LogP contribution in [-0.2, 0) is 0 Å². The number of hydrogen-bond donors (Lipinski definition) is 2. The first-order chi connectivity index (χ1) is 4.75. The van der Waals surface area contributed by atoms with Gasteiger partial charge in [-0.15, -0.1) is 0 Å². The van der Waals surface area contributed by atoms with Gasteiger partial charge < -0.3 is 10.2 Å². The summed E-state index contributed by atoms with van der Waals surface area (Å²) < 4.78 is 0. The van der Waals surface area contributed by atoms with E-state index in [9.17, 15) is 10.2 Å². The molecule has 2 unspecified atom stereocenters. The maximum absolute atomic E-state index is 9.30. The number of fused-ring (bicyclic) bond motifs is 3. The third kappa shape index (κ3) is 0.956. The molecule has 2 nitrogen and oxygen atoms in total. The minimum absolute atomic E-state index is 0.433. The molecule has 58 valence electrons. The Kier molecular flexibility index (Phi) is 1.46. The average molecular weight is 142 g/mol. The van der Waals surface area contributed by atoms with Gasteiger partial charge in [0.15, 0.2) is 0 Å². The Balaban J connectivity index is 2.01. The lowest BCUT2D eigenvalue weighted by atomic mass is 9.74. The maximum atomic E-state index is 9.30. The minimum atomic E-state index is -0.433. The highest BCUT2D eigenvalue weighted by Gasteiger charge is 2.38. The van der Waals surface area contributed by atoms with E-state index in [1.807, 2.05) is 0 Å². The second kappa shape index (κ2) is 2.21. The Bertz CT molecular complexity index is 115. The zero-order chi connectivity index (χ0) is 7.14. The van der Waals surface area contributed by atoms with Crippen LogP contribution in [0.25, 0.3) is 0 Å². The first-order valence-corrected chi connectivity index (χ1v) is 4.12. The predicted molar refractivity (Wildman–Crippen MR) is 37.5 cm³/mol. The first-order valence-electron chi connectivity index (χ1n) is 4.12. The smallest absolute Gasteiger partial charge is 0.0801 e. The molecule has 0 radical (unpaired) electrons. The van der Waals surface area contributed by atoms with Crippen molar-refractivity contribution in [2.45, 2.75) is 37.9 Å². The fourth-order valence-electron chi connectivity index (χ4n) is 2.26. The van der Waals surface area contributed by atoms with E-state index in [1.54, 1.807) is 0 Å². The molecule has 2 N–H and O–H groups in total. The van der Waals surface area contributed by atoms with Crippen molar-refractivity contribution in [2.75, 3.05) is 0 Å². The number of hydrogen-bond acceptors (Lipinski definition) is 2. The van der Waals surface area contributed by atoms with Crippen LogP contribution < -0.4 is 0 Å². The third-order valence-electron chi connectivity index (χ3n) is 2.93. The molecule has 0 aromatic carbocycles. The first kappa shape index (κ1) is 6.62. The second-order valence-electron chi connectivity index (χ2n) is 3.81. The molecule has 3 fully saturated rings. The topological polar surface area (TPSA) is 40.5 Å². The Hall–Kier alpha value is -0.0800. The fourth-order valence-corrected chi connectivity index (χ4v) is 2.26. The summed E-state index contributed by atoms with van der Waals surface area (Å²) in [5.41, 5.74) is 0. The van der Waals surface area contributed by atoms with Crippen molar-refractivity contribution in [3.05, 3.63) is 0 Å². The van der Waals surface area contributed by atoms with Crippen LogP contribution in [0.5, 0.6) is 0 Å². The van der Waals surface area contributed by atoms with E-state index < -0.39 is 12.2 Å². The summed E-state index contributed by atoms with van der Waals surface area (Å²) in [5.74, 6) is 1.44. The molecule has 10 heavy (non-hydrogen) atoms. The van der Waals surface area contributed by atoms with Gasteiger partial charge in [-0.2, -0.15) is 0 Å². The summed E-state index contributed by atoms with van der Waals surface area (Å²) in [4.78, 5) is 0. The zero-order valence-corrected chi connectivity index (χ0v) is 6.03. The molecular weight excluding hydrogens is 128 g/mol. The van der Waals surface area contributed by atoms with Crippen LogP contribution in [0.3, 0.4) is 0 Å². The molecule has 0 amide bonds. The van der Waals surface area contributed by atoms with Crippen LogP contribution in [0, 0.1) is 11.8 Å².